The summed E-state index contributed by atoms with van der Waals surface area (Å²) in [5.74, 6) is -0.295. The summed E-state index contributed by atoms with van der Waals surface area (Å²) in [7, 11) is 0. The van der Waals surface area contributed by atoms with Crippen LogP contribution < -0.4 is 0 Å². The Kier molecular flexibility index (Phi) is 3.86. The first kappa shape index (κ1) is 12.2. The molecule has 1 N–H and O–H groups in total. The fraction of sp³-hybridized carbons (Fsp3) is 0.154. The summed E-state index contributed by atoms with van der Waals surface area (Å²) >= 11 is 3.28. The molecule has 1 heterocycles. The van der Waals surface area contributed by atoms with Crippen molar-refractivity contribution in [3.8, 4) is 0 Å². The number of hydrogen-bond donors (Lipinski definition) is 1. The third-order valence-corrected chi connectivity index (χ3v) is 3.24. The number of rotatable bonds is 3. The predicted octanol–water partition coefficient (Wildman–Crippen LogP) is 3.26. The van der Waals surface area contributed by atoms with Gasteiger partial charge in [-0.1, -0.05) is 28.1 Å². The van der Waals surface area contributed by atoms with Crippen molar-refractivity contribution >= 4 is 15.9 Å². The van der Waals surface area contributed by atoms with E-state index < -0.39 is 6.10 Å². The van der Waals surface area contributed by atoms with Crippen LogP contribution in [0.1, 0.15) is 17.2 Å². The van der Waals surface area contributed by atoms with Crippen molar-refractivity contribution in [2.75, 3.05) is 0 Å². The highest BCUT2D eigenvalue weighted by molar-refractivity contribution is 9.10. The number of halogens is 2. The third-order valence-electron chi connectivity index (χ3n) is 2.50. The number of nitrogens with zero attached hydrogens (tertiary/aromatic N) is 1. The van der Waals surface area contributed by atoms with Gasteiger partial charge >= 0.3 is 0 Å². The largest absolute Gasteiger partial charge is 0.388 e. The number of aromatic nitrogens is 1. The van der Waals surface area contributed by atoms with Crippen molar-refractivity contribution in [3.05, 3.63) is 64.1 Å². The van der Waals surface area contributed by atoms with Gasteiger partial charge in [0, 0.05) is 23.3 Å². The molecule has 0 saturated heterocycles. The van der Waals surface area contributed by atoms with Crippen LogP contribution in [0.25, 0.3) is 0 Å². The highest BCUT2D eigenvalue weighted by atomic mass is 79.9. The number of hydrogen-bond acceptors (Lipinski definition) is 2. The maximum Gasteiger partial charge on any atom is 0.124 e. The second-order valence-corrected chi connectivity index (χ2v) is 4.60. The molecular weight excluding hydrogens is 285 g/mol. The summed E-state index contributed by atoms with van der Waals surface area (Å²) in [5, 5.41) is 10.0. The van der Waals surface area contributed by atoms with Gasteiger partial charge in [0.05, 0.1) is 6.10 Å². The lowest BCUT2D eigenvalue weighted by atomic mass is 10.0. The molecule has 1 aromatic heterocycles. The molecule has 4 heteroatoms. The first-order chi connectivity index (χ1) is 8.16. The summed E-state index contributed by atoms with van der Waals surface area (Å²) in [6.07, 6.45) is 3.07. The molecule has 0 bridgehead atoms. The van der Waals surface area contributed by atoms with Crippen LogP contribution in [0, 0.1) is 5.82 Å². The molecule has 1 aromatic carbocycles. The van der Waals surface area contributed by atoms with Gasteiger partial charge < -0.3 is 5.11 Å². The van der Waals surface area contributed by atoms with Gasteiger partial charge in [-0.05, 0) is 29.3 Å². The molecular formula is C13H11BrFNO. The Labute approximate surface area is 107 Å². The average Bonchev–Trinajstić information content (AvgIpc) is 2.34. The monoisotopic (exact) mass is 295 g/mol. The smallest absolute Gasteiger partial charge is 0.124 e. The molecule has 0 saturated carbocycles. The van der Waals surface area contributed by atoms with E-state index in [9.17, 15) is 9.50 Å². The van der Waals surface area contributed by atoms with E-state index in [1.807, 2.05) is 6.07 Å². The molecule has 0 fully saturated rings. The minimum absolute atomic E-state index is 0.295. The van der Waals surface area contributed by atoms with E-state index in [4.69, 9.17) is 0 Å². The van der Waals surface area contributed by atoms with Gasteiger partial charge in [0.15, 0.2) is 0 Å². The zero-order valence-corrected chi connectivity index (χ0v) is 10.6. The van der Waals surface area contributed by atoms with E-state index in [2.05, 4.69) is 20.9 Å². The molecule has 2 nitrogen and oxygen atoms in total. The highest BCUT2D eigenvalue weighted by Crippen LogP contribution is 2.24. The summed E-state index contributed by atoms with van der Waals surface area (Å²) in [6, 6.07) is 8.04. The van der Waals surface area contributed by atoms with E-state index in [-0.39, 0.29) is 5.82 Å². The molecule has 2 rings (SSSR count). The van der Waals surface area contributed by atoms with Crippen LogP contribution in [0.5, 0.6) is 0 Å². The van der Waals surface area contributed by atoms with Gasteiger partial charge in [-0.15, -0.1) is 0 Å². The highest BCUT2D eigenvalue weighted by Gasteiger charge is 2.11. The number of benzene rings is 1. The lowest BCUT2D eigenvalue weighted by Crippen LogP contribution is -2.02. The second-order valence-electron chi connectivity index (χ2n) is 3.74. The van der Waals surface area contributed by atoms with Crippen LogP contribution >= 0.6 is 15.9 Å². The normalized spacial score (nSPS) is 12.4. The maximum atomic E-state index is 12.9. The van der Waals surface area contributed by atoms with Crippen molar-refractivity contribution in [1.82, 2.24) is 4.98 Å². The number of aliphatic hydroxyl groups excluding tert-OH is 1. The number of aliphatic hydroxyl groups is 1. The minimum atomic E-state index is -0.634. The van der Waals surface area contributed by atoms with Gasteiger partial charge in [-0.2, -0.15) is 0 Å². The van der Waals surface area contributed by atoms with Gasteiger partial charge in [-0.3, -0.25) is 4.98 Å². The molecule has 2 aromatic rings. The predicted molar refractivity (Wildman–Crippen MR) is 67.0 cm³/mol. The van der Waals surface area contributed by atoms with Crippen molar-refractivity contribution in [2.45, 2.75) is 12.5 Å². The Bertz CT molecular complexity index is 504. The van der Waals surface area contributed by atoms with Gasteiger partial charge in [0.25, 0.3) is 0 Å². The standard InChI is InChI=1S/C13H11BrFNO/c14-12-7-11(15)4-3-9(12)6-13(17)10-2-1-5-16-8-10/h1-5,7-8,13,17H,6H2. The fourth-order valence-electron chi connectivity index (χ4n) is 1.59. The third kappa shape index (κ3) is 3.11. The Morgan fingerprint density at radius 1 is 1.35 bits per heavy atom. The van der Waals surface area contributed by atoms with Crippen LogP contribution in [-0.2, 0) is 6.42 Å². The molecule has 0 radical (unpaired) electrons. The quantitative estimate of drug-likeness (QED) is 0.943. The van der Waals surface area contributed by atoms with E-state index in [0.29, 0.717) is 10.9 Å². The molecule has 1 atom stereocenters. The molecule has 17 heavy (non-hydrogen) atoms. The summed E-state index contributed by atoms with van der Waals surface area (Å²) < 4.78 is 13.6. The van der Waals surface area contributed by atoms with Crippen LogP contribution in [0.2, 0.25) is 0 Å². The van der Waals surface area contributed by atoms with Gasteiger partial charge in [0.2, 0.25) is 0 Å². The molecule has 88 valence electrons. The Hall–Kier alpha value is -1.26. The molecule has 0 aliphatic heterocycles. The number of pyridine rings is 1. The maximum absolute atomic E-state index is 12.9. The zero-order valence-electron chi connectivity index (χ0n) is 8.98. The average molecular weight is 296 g/mol. The van der Waals surface area contributed by atoms with Crippen LogP contribution in [0.4, 0.5) is 4.39 Å². The van der Waals surface area contributed by atoms with Gasteiger partial charge in [-0.25, -0.2) is 4.39 Å². The Morgan fingerprint density at radius 3 is 2.82 bits per heavy atom. The summed E-state index contributed by atoms with van der Waals surface area (Å²) in [6.45, 7) is 0. The van der Waals surface area contributed by atoms with Crippen LogP contribution in [0.3, 0.4) is 0 Å². The first-order valence-corrected chi connectivity index (χ1v) is 5.98. The van der Waals surface area contributed by atoms with Crippen molar-refractivity contribution in [3.63, 3.8) is 0 Å². The summed E-state index contributed by atoms with van der Waals surface area (Å²) in [4.78, 5) is 3.95. The van der Waals surface area contributed by atoms with Crippen molar-refractivity contribution < 1.29 is 9.50 Å². The molecule has 0 spiro atoms. The van der Waals surface area contributed by atoms with E-state index in [0.717, 1.165) is 11.1 Å². The van der Waals surface area contributed by atoms with E-state index in [1.54, 1.807) is 24.5 Å². The van der Waals surface area contributed by atoms with E-state index in [1.165, 1.54) is 12.1 Å². The van der Waals surface area contributed by atoms with Crippen LogP contribution in [-0.4, -0.2) is 10.1 Å². The lowest BCUT2D eigenvalue weighted by Gasteiger charge is -2.11. The van der Waals surface area contributed by atoms with Crippen molar-refractivity contribution in [1.29, 1.82) is 0 Å². The SMILES string of the molecule is OC(Cc1ccc(F)cc1Br)c1cccnc1. The lowest BCUT2D eigenvalue weighted by molar-refractivity contribution is 0.178. The molecule has 0 amide bonds. The second kappa shape index (κ2) is 5.38. The summed E-state index contributed by atoms with van der Waals surface area (Å²) in [5.41, 5.74) is 1.62. The first-order valence-electron chi connectivity index (χ1n) is 5.19. The molecule has 0 aliphatic carbocycles. The Balaban J connectivity index is 2.16. The Morgan fingerprint density at radius 2 is 2.18 bits per heavy atom. The topological polar surface area (TPSA) is 33.1 Å². The van der Waals surface area contributed by atoms with Crippen LogP contribution in [0.15, 0.2) is 47.2 Å². The van der Waals surface area contributed by atoms with E-state index >= 15 is 0 Å². The zero-order chi connectivity index (χ0) is 12.3. The minimum Gasteiger partial charge on any atom is -0.388 e. The van der Waals surface area contributed by atoms with Gasteiger partial charge in [0.1, 0.15) is 5.82 Å². The molecule has 0 aliphatic rings. The van der Waals surface area contributed by atoms with Crippen molar-refractivity contribution in [2.24, 2.45) is 0 Å². The fourth-order valence-corrected chi connectivity index (χ4v) is 2.10. The molecule has 1 unspecified atom stereocenters.